The van der Waals surface area contributed by atoms with Crippen molar-refractivity contribution in [1.82, 2.24) is 34.9 Å². The molecule has 3 heterocycles. The van der Waals surface area contributed by atoms with E-state index < -0.39 is 11.9 Å². The van der Waals surface area contributed by atoms with Crippen molar-refractivity contribution in [2.75, 3.05) is 33.4 Å². The molecule has 12 heteroatoms. The summed E-state index contributed by atoms with van der Waals surface area (Å²) < 4.78 is 15.1. The third-order valence-electron chi connectivity index (χ3n) is 7.12. The van der Waals surface area contributed by atoms with Gasteiger partial charge in [-0.3, -0.25) is 19.1 Å². The van der Waals surface area contributed by atoms with Crippen LogP contribution < -0.4 is 20.1 Å². The zero-order chi connectivity index (χ0) is 29.6. The first kappa shape index (κ1) is 28.7. The Morgan fingerprint density at radius 3 is 2.79 bits per heavy atom. The van der Waals surface area contributed by atoms with Gasteiger partial charge in [0.2, 0.25) is 17.7 Å². The molecule has 4 aromatic rings. The van der Waals surface area contributed by atoms with Gasteiger partial charge in [0.25, 0.3) is 0 Å². The molecule has 0 unspecified atom stereocenters. The molecule has 0 saturated heterocycles. The van der Waals surface area contributed by atoms with Crippen molar-refractivity contribution in [1.29, 1.82) is 0 Å². The zero-order valence-corrected chi connectivity index (χ0v) is 23.9. The number of nitrogens with zero attached hydrogens (tertiary/aromatic N) is 5. The third-order valence-corrected chi connectivity index (χ3v) is 7.12. The van der Waals surface area contributed by atoms with Crippen LogP contribution in [-0.4, -0.2) is 81.3 Å². The molecule has 1 aliphatic heterocycles. The number of nitrogens with one attached hydrogen (secondary N) is 2. The summed E-state index contributed by atoms with van der Waals surface area (Å²) in [6, 6.07) is 12.3. The van der Waals surface area contributed by atoms with E-state index in [0.29, 0.717) is 30.4 Å². The van der Waals surface area contributed by atoms with Gasteiger partial charge >= 0.3 is 0 Å². The zero-order valence-electron chi connectivity index (χ0n) is 23.9. The van der Waals surface area contributed by atoms with E-state index in [1.807, 2.05) is 61.0 Å². The number of amides is 3. The maximum Gasteiger partial charge on any atom is 0.244 e. The number of benzene rings is 2. The molecule has 2 bridgehead atoms. The van der Waals surface area contributed by atoms with Gasteiger partial charge < -0.3 is 29.6 Å². The van der Waals surface area contributed by atoms with Gasteiger partial charge in [-0.2, -0.15) is 5.10 Å². The standard InChI is InChI=1S/C30H35N7O5/c1-20(2)28-30(40)32-11-13-35-12-10-31-29(35)21-8-9-24(41-3)25(16-21)42-15-14-36(18-26(38)33-28)27(39)19-37-17-22-6-4-5-7-23(22)34-37/h4-10,12,16-17,20,28H,11,13-15,18-19H2,1-3H3,(H,32,40)(H,33,38)/t28-/m1/s1. The fourth-order valence-electron chi connectivity index (χ4n) is 4.91. The third kappa shape index (κ3) is 6.54. The minimum atomic E-state index is -0.765. The summed E-state index contributed by atoms with van der Waals surface area (Å²) in [5.41, 5.74) is 1.58. The van der Waals surface area contributed by atoms with Gasteiger partial charge in [-0.25, -0.2) is 4.98 Å². The second-order valence-corrected chi connectivity index (χ2v) is 10.4. The molecule has 0 radical (unpaired) electrons. The van der Waals surface area contributed by atoms with Crippen LogP contribution >= 0.6 is 0 Å². The Balaban J connectivity index is 1.42. The molecule has 2 N–H and O–H groups in total. The van der Waals surface area contributed by atoms with E-state index in [1.54, 1.807) is 30.3 Å². The molecule has 0 spiro atoms. The fraction of sp³-hybridized carbons (Fsp3) is 0.367. The molecule has 220 valence electrons. The minimum Gasteiger partial charge on any atom is -0.493 e. The van der Waals surface area contributed by atoms with Gasteiger partial charge in [0.15, 0.2) is 11.5 Å². The van der Waals surface area contributed by atoms with Crippen molar-refractivity contribution >= 4 is 28.6 Å². The van der Waals surface area contributed by atoms with Crippen LogP contribution in [0.1, 0.15) is 13.8 Å². The highest BCUT2D eigenvalue weighted by molar-refractivity contribution is 5.90. The second-order valence-electron chi connectivity index (χ2n) is 10.4. The summed E-state index contributed by atoms with van der Waals surface area (Å²) >= 11 is 0. The molecule has 5 rings (SSSR count). The molecule has 0 saturated carbocycles. The molecule has 42 heavy (non-hydrogen) atoms. The molecule has 2 aromatic carbocycles. The van der Waals surface area contributed by atoms with E-state index in [1.165, 1.54) is 4.90 Å². The Labute approximate surface area is 243 Å². The Kier molecular flexibility index (Phi) is 8.70. The summed E-state index contributed by atoms with van der Waals surface area (Å²) in [7, 11) is 1.56. The number of carbonyl (C=O) groups is 3. The van der Waals surface area contributed by atoms with Crippen LogP contribution in [0.4, 0.5) is 0 Å². The highest BCUT2D eigenvalue weighted by Crippen LogP contribution is 2.32. The van der Waals surface area contributed by atoms with Gasteiger partial charge in [-0.15, -0.1) is 0 Å². The smallest absolute Gasteiger partial charge is 0.244 e. The number of carbonyl (C=O) groups excluding carboxylic acids is 3. The van der Waals surface area contributed by atoms with Crippen molar-refractivity contribution in [3.8, 4) is 22.9 Å². The van der Waals surface area contributed by atoms with E-state index in [2.05, 4.69) is 20.7 Å². The van der Waals surface area contributed by atoms with Crippen LogP contribution in [0.3, 0.4) is 0 Å². The molecular formula is C30H35N7O5. The Morgan fingerprint density at radius 2 is 2.00 bits per heavy atom. The van der Waals surface area contributed by atoms with Crippen LogP contribution in [0, 0.1) is 5.92 Å². The lowest BCUT2D eigenvalue weighted by Gasteiger charge is -2.26. The Bertz CT molecular complexity index is 1540. The first-order chi connectivity index (χ1) is 20.3. The van der Waals surface area contributed by atoms with Gasteiger partial charge in [-0.1, -0.05) is 32.0 Å². The highest BCUT2D eigenvalue weighted by Gasteiger charge is 2.26. The molecule has 12 nitrogen and oxygen atoms in total. The number of rotatable bonds is 4. The minimum absolute atomic E-state index is 0.0580. The van der Waals surface area contributed by atoms with Crippen molar-refractivity contribution in [3.63, 3.8) is 0 Å². The number of aromatic nitrogens is 4. The first-order valence-corrected chi connectivity index (χ1v) is 13.9. The van der Waals surface area contributed by atoms with Gasteiger partial charge in [0.1, 0.15) is 25.0 Å². The number of ether oxygens (including phenoxy) is 2. The van der Waals surface area contributed by atoms with E-state index >= 15 is 0 Å². The molecule has 2 aromatic heterocycles. The van der Waals surface area contributed by atoms with Crippen molar-refractivity contribution in [2.24, 2.45) is 5.92 Å². The maximum atomic E-state index is 13.5. The molecule has 1 atom stereocenters. The Morgan fingerprint density at radius 1 is 1.17 bits per heavy atom. The van der Waals surface area contributed by atoms with Gasteiger partial charge in [0.05, 0.1) is 25.7 Å². The predicted octanol–water partition coefficient (Wildman–Crippen LogP) is 2.09. The molecule has 3 amide bonds. The summed E-state index contributed by atoms with van der Waals surface area (Å²) in [5.74, 6) is 0.505. The van der Waals surface area contributed by atoms with Crippen molar-refractivity contribution in [3.05, 3.63) is 61.1 Å². The topological polar surface area (TPSA) is 133 Å². The number of methoxy groups -OCH3 is 1. The van der Waals surface area contributed by atoms with Gasteiger partial charge in [-0.05, 0) is 30.2 Å². The molecule has 0 aliphatic carbocycles. The fourth-order valence-corrected chi connectivity index (χ4v) is 4.91. The molecular weight excluding hydrogens is 538 g/mol. The van der Waals surface area contributed by atoms with E-state index in [4.69, 9.17) is 9.47 Å². The average molecular weight is 574 g/mol. The maximum absolute atomic E-state index is 13.5. The van der Waals surface area contributed by atoms with Crippen LogP contribution in [0.15, 0.2) is 61.1 Å². The second kappa shape index (κ2) is 12.8. The van der Waals surface area contributed by atoms with Crippen LogP contribution in [0.25, 0.3) is 22.3 Å². The first-order valence-electron chi connectivity index (χ1n) is 13.9. The summed E-state index contributed by atoms with van der Waals surface area (Å²) in [6.45, 7) is 4.45. The van der Waals surface area contributed by atoms with Gasteiger partial charge in [0, 0.05) is 42.6 Å². The number of hydrogen-bond donors (Lipinski definition) is 2. The van der Waals surface area contributed by atoms with Crippen molar-refractivity contribution < 1.29 is 23.9 Å². The average Bonchev–Trinajstić information content (AvgIpc) is 3.61. The lowest BCUT2D eigenvalue weighted by atomic mass is 10.0. The van der Waals surface area contributed by atoms with Crippen LogP contribution in [0.2, 0.25) is 0 Å². The normalized spacial score (nSPS) is 16.8. The quantitative estimate of drug-likeness (QED) is 0.382. The van der Waals surface area contributed by atoms with E-state index in [9.17, 15) is 14.4 Å². The summed E-state index contributed by atoms with van der Waals surface area (Å²) in [5, 5.41) is 11.1. The van der Waals surface area contributed by atoms with E-state index in [-0.39, 0.29) is 44.0 Å². The lowest BCUT2D eigenvalue weighted by molar-refractivity contribution is -0.138. The van der Waals surface area contributed by atoms with Crippen LogP contribution in [-0.2, 0) is 27.5 Å². The number of imidazole rings is 1. The summed E-state index contributed by atoms with van der Waals surface area (Å²) in [4.78, 5) is 45.7. The number of fused-ring (bicyclic) bond motifs is 5. The molecule has 0 fully saturated rings. The Hall–Kier alpha value is -4.87. The SMILES string of the molecule is COc1ccc2cc1OCCN(C(=O)Cn1cc3ccccc3n1)CC(=O)N[C@H](C(C)C)C(=O)NCCn1ccnc1-2. The predicted molar refractivity (Wildman–Crippen MR) is 156 cm³/mol. The monoisotopic (exact) mass is 573 g/mol. The van der Waals surface area contributed by atoms with Crippen molar-refractivity contribution in [2.45, 2.75) is 33.0 Å². The lowest BCUT2D eigenvalue weighted by Crippen LogP contribution is -2.53. The summed E-state index contributed by atoms with van der Waals surface area (Å²) in [6.07, 6.45) is 5.33. The highest BCUT2D eigenvalue weighted by atomic mass is 16.5. The number of hydrogen-bond acceptors (Lipinski definition) is 7. The van der Waals surface area contributed by atoms with E-state index in [0.717, 1.165) is 16.5 Å². The van der Waals surface area contributed by atoms with Crippen LogP contribution in [0.5, 0.6) is 11.5 Å². The molecule has 1 aliphatic rings. The largest absolute Gasteiger partial charge is 0.493 e.